The largest absolute Gasteiger partial charge is 0.477 e. The summed E-state index contributed by atoms with van der Waals surface area (Å²) < 4.78 is 23.2. The van der Waals surface area contributed by atoms with Gasteiger partial charge in [0.1, 0.15) is 23.1 Å². The molecule has 1 aliphatic carbocycles. The van der Waals surface area contributed by atoms with Crippen LogP contribution in [-0.2, 0) is 10.3 Å². The van der Waals surface area contributed by atoms with E-state index in [9.17, 15) is 20.0 Å². The van der Waals surface area contributed by atoms with E-state index in [4.69, 9.17) is 4.74 Å². The maximum Gasteiger partial charge on any atom is 0.341 e. The lowest BCUT2D eigenvalue weighted by Gasteiger charge is -2.40. The SMILES string of the molecule is N#Cc1c([C@]23CNC[C@@H]2NCCO3)c(F)cc2c(=O)c(C(=O)O)cn(C3CC3)c12. The zero-order valence-electron chi connectivity index (χ0n) is 15.5. The lowest BCUT2D eigenvalue weighted by atomic mass is 9.83. The molecule has 3 aliphatic rings. The summed E-state index contributed by atoms with van der Waals surface area (Å²) in [4.78, 5) is 24.3. The number of pyridine rings is 1. The molecule has 0 unspecified atom stereocenters. The van der Waals surface area contributed by atoms with Gasteiger partial charge in [0.05, 0.1) is 29.1 Å². The number of rotatable bonds is 3. The number of fused-ring (bicyclic) bond motifs is 2. The Bertz CT molecular complexity index is 1150. The topological polar surface area (TPSA) is 116 Å². The number of halogens is 1. The first-order valence-electron chi connectivity index (χ1n) is 9.61. The third-order valence-corrected chi connectivity index (χ3v) is 6.12. The van der Waals surface area contributed by atoms with Gasteiger partial charge in [-0.25, -0.2) is 9.18 Å². The highest BCUT2D eigenvalue weighted by Gasteiger charge is 2.51. The molecule has 1 aromatic carbocycles. The lowest BCUT2D eigenvalue weighted by molar-refractivity contribution is -0.0799. The fourth-order valence-electron chi connectivity index (χ4n) is 4.68. The average molecular weight is 398 g/mol. The molecule has 2 aliphatic heterocycles. The molecule has 3 heterocycles. The molecule has 0 amide bonds. The van der Waals surface area contributed by atoms with Gasteiger partial charge in [-0.3, -0.25) is 4.79 Å². The molecule has 8 nitrogen and oxygen atoms in total. The van der Waals surface area contributed by atoms with E-state index in [2.05, 4.69) is 16.7 Å². The first-order valence-corrected chi connectivity index (χ1v) is 9.61. The number of hydrogen-bond donors (Lipinski definition) is 3. The Morgan fingerprint density at radius 2 is 2.24 bits per heavy atom. The van der Waals surface area contributed by atoms with Crippen LogP contribution in [0.2, 0.25) is 0 Å². The molecule has 150 valence electrons. The number of carbonyl (C=O) groups is 1. The summed E-state index contributed by atoms with van der Waals surface area (Å²) in [5, 5.41) is 25.9. The number of carboxylic acids is 1. The molecule has 9 heteroatoms. The van der Waals surface area contributed by atoms with Crippen molar-refractivity contribution in [2.75, 3.05) is 26.2 Å². The van der Waals surface area contributed by atoms with Crippen molar-refractivity contribution in [2.24, 2.45) is 0 Å². The van der Waals surface area contributed by atoms with Gasteiger partial charge in [0.15, 0.2) is 0 Å². The van der Waals surface area contributed by atoms with Crippen molar-refractivity contribution in [3.63, 3.8) is 0 Å². The van der Waals surface area contributed by atoms with Crippen LogP contribution < -0.4 is 16.1 Å². The predicted molar refractivity (Wildman–Crippen MR) is 100 cm³/mol. The number of nitrogens with zero attached hydrogens (tertiary/aromatic N) is 2. The summed E-state index contributed by atoms with van der Waals surface area (Å²) in [6, 6.07) is 2.95. The van der Waals surface area contributed by atoms with Gasteiger partial charge in [-0.1, -0.05) is 0 Å². The normalized spacial score (nSPS) is 26.3. The van der Waals surface area contributed by atoms with Gasteiger partial charge in [0.2, 0.25) is 5.43 Å². The number of morpholine rings is 1. The van der Waals surface area contributed by atoms with E-state index >= 15 is 4.39 Å². The number of nitriles is 1. The van der Waals surface area contributed by atoms with E-state index in [1.165, 1.54) is 6.20 Å². The maximum absolute atomic E-state index is 15.5. The van der Waals surface area contributed by atoms with E-state index < -0.39 is 28.4 Å². The van der Waals surface area contributed by atoms with Gasteiger partial charge in [-0.15, -0.1) is 0 Å². The van der Waals surface area contributed by atoms with Crippen LogP contribution in [-0.4, -0.2) is 47.9 Å². The molecule has 0 bridgehead atoms. The first-order chi connectivity index (χ1) is 14.0. The monoisotopic (exact) mass is 398 g/mol. The third-order valence-electron chi connectivity index (χ3n) is 6.12. The fraction of sp³-hybridized carbons (Fsp3) is 0.450. The molecule has 0 spiro atoms. The second kappa shape index (κ2) is 6.35. The molecule has 2 aromatic rings. The number of nitrogens with one attached hydrogen (secondary N) is 2. The Hall–Kier alpha value is -2.80. The highest BCUT2D eigenvalue weighted by atomic mass is 19.1. The molecule has 5 rings (SSSR count). The van der Waals surface area contributed by atoms with Gasteiger partial charge < -0.3 is 25.0 Å². The van der Waals surface area contributed by atoms with Crippen LogP contribution in [0.15, 0.2) is 17.1 Å². The van der Waals surface area contributed by atoms with E-state index in [0.717, 1.165) is 18.9 Å². The second-order valence-corrected chi connectivity index (χ2v) is 7.81. The Labute approximate surface area is 164 Å². The summed E-state index contributed by atoms with van der Waals surface area (Å²) in [6.45, 7) is 1.90. The lowest BCUT2D eigenvalue weighted by Crippen LogP contribution is -2.56. The summed E-state index contributed by atoms with van der Waals surface area (Å²) in [5.41, 5.74) is -1.81. The molecule has 2 saturated heterocycles. The van der Waals surface area contributed by atoms with Crippen LogP contribution in [0.3, 0.4) is 0 Å². The van der Waals surface area contributed by atoms with Crippen molar-refractivity contribution in [3.8, 4) is 6.07 Å². The van der Waals surface area contributed by atoms with Gasteiger partial charge in [-0.2, -0.15) is 5.26 Å². The minimum absolute atomic E-state index is 0.0120. The van der Waals surface area contributed by atoms with Crippen molar-refractivity contribution >= 4 is 16.9 Å². The fourth-order valence-corrected chi connectivity index (χ4v) is 4.68. The summed E-state index contributed by atoms with van der Waals surface area (Å²) in [6.07, 6.45) is 2.90. The highest BCUT2D eigenvalue weighted by Crippen LogP contribution is 2.43. The maximum atomic E-state index is 15.5. The number of hydrogen-bond acceptors (Lipinski definition) is 6. The zero-order valence-corrected chi connectivity index (χ0v) is 15.5. The Morgan fingerprint density at radius 3 is 2.93 bits per heavy atom. The molecule has 2 atom stereocenters. The number of aromatic carboxylic acids is 1. The third kappa shape index (κ3) is 2.53. The van der Waals surface area contributed by atoms with Crippen molar-refractivity contribution in [1.29, 1.82) is 5.26 Å². The van der Waals surface area contributed by atoms with E-state index in [1.54, 1.807) is 4.57 Å². The van der Waals surface area contributed by atoms with Crippen molar-refractivity contribution < 1.29 is 19.0 Å². The van der Waals surface area contributed by atoms with Crippen molar-refractivity contribution in [3.05, 3.63) is 45.0 Å². The predicted octanol–water partition coefficient (Wildman–Crippen LogP) is 0.832. The molecule has 3 fully saturated rings. The molecular formula is C20H19FN4O4. The zero-order chi connectivity index (χ0) is 20.3. The van der Waals surface area contributed by atoms with Crippen LogP contribution in [0, 0.1) is 17.1 Å². The first kappa shape index (κ1) is 18.2. The van der Waals surface area contributed by atoms with Crippen LogP contribution in [0.25, 0.3) is 10.9 Å². The Morgan fingerprint density at radius 1 is 1.45 bits per heavy atom. The van der Waals surface area contributed by atoms with Gasteiger partial charge >= 0.3 is 5.97 Å². The quantitative estimate of drug-likeness (QED) is 0.701. The molecule has 0 radical (unpaired) electrons. The molecule has 29 heavy (non-hydrogen) atoms. The van der Waals surface area contributed by atoms with Crippen molar-refractivity contribution in [1.82, 2.24) is 15.2 Å². The van der Waals surface area contributed by atoms with Crippen LogP contribution >= 0.6 is 0 Å². The van der Waals surface area contributed by atoms with Crippen LogP contribution in [0.4, 0.5) is 4.39 Å². The Kier molecular flexibility index (Phi) is 4.00. The van der Waals surface area contributed by atoms with E-state index in [1.807, 2.05) is 0 Å². The minimum atomic E-state index is -1.37. The summed E-state index contributed by atoms with van der Waals surface area (Å²) in [5.74, 6) is -2.10. The van der Waals surface area contributed by atoms with Crippen molar-refractivity contribution in [2.45, 2.75) is 30.5 Å². The summed E-state index contributed by atoms with van der Waals surface area (Å²) >= 11 is 0. The second-order valence-electron chi connectivity index (χ2n) is 7.81. The number of carboxylic acid groups (broad SMARTS) is 1. The molecule has 3 N–H and O–H groups in total. The number of ether oxygens (including phenoxy) is 1. The molecular weight excluding hydrogens is 379 g/mol. The van der Waals surface area contributed by atoms with Gasteiger partial charge in [0.25, 0.3) is 0 Å². The minimum Gasteiger partial charge on any atom is -0.477 e. The summed E-state index contributed by atoms with van der Waals surface area (Å²) in [7, 11) is 0. The Balaban J connectivity index is 1.88. The average Bonchev–Trinajstić information content (AvgIpc) is 3.45. The molecule has 1 saturated carbocycles. The number of benzene rings is 1. The van der Waals surface area contributed by atoms with Crippen LogP contribution in [0.5, 0.6) is 0 Å². The van der Waals surface area contributed by atoms with E-state index in [-0.39, 0.29) is 34.1 Å². The molecule has 1 aromatic heterocycles. The van der Waals surface area contributed by atoms with Gasteiger partial charge in [0, 0.05) is 37.4 Å². The van der Waals surface area contributed by atoms with Crippen LogP contribution in [0.1, 0.15) is 40.4 Å². The number of aromatic nitrogens is 1. The standard InChI is InChI=1S/C20H19FN4O4/c21-14-5-11-17(25(10-1-2-10)8-13(18(11)26)19(27)28)12(6-22)16(14)20-9-23-7-15(20)24-3-4-29-20/h5,8,10,15,23-24H,1-4,7,9H2,(H,27,28)/t15-,20-/m0/s1. The highest BCUT2D eigenvalue weighted by molar-refractivity contribution is 5.95. The van der Waals surface area contributed by atoms with E-state index in [0.29, 0.717) is 26.2 Å². The van der Waals surface area contributed by atoms with Gasteiger partial charge in [-0.05, 0) is 18.9 Å². The smallest absolute Gasteiger partial charge is 0.341 e.